The molecule has 6 nitrogen and oxygen atoms in total. The maximum atomic E-state index is 11.6. The number of aromatic carboxylic acids is 3. The lowest BCUT2D eigenvalue weighted by atomic mass is 9.95. The Hall–Kier alpha value is -3.64. The van der Waals surface area contributed by atoms with E-state index in [4.69, 9.17) is 21.8 Å². The van der Waals surface area contributed by atoms with E-state index in [1.165, 1.54) is 36.4 Å². The molecule has 0 spiro atoms. The van der Waals surface area contributed by atoms with Crippen LogP contribution in [0.4, 0.5) is 0 Å². The minimum atomic E-state index is -1.15. The van der Waals surface area contributed by atoms with Crippen LogP contribution in [0.1, 0.15) is 31.1 Å². The fourth-order valence-corrected chi connectivity index (χ4v) is 3.08. The van der Waals surface area contributed by atoms with Crippen LogP contribution in [0.5, 0.6) is 0 Å². The number of hydrogen-bond acceptors (Lipinski definition) is 3. The van der Waals surface area contributed by atoms with E-state index >= 15 is 0 Å². The Morgan fingerprint density at radius 1 is 0.571 bits per heavy atom. The van der Waals surface area contributed by atoms with E-state index < -0.39 is 17.9 Å². The van der Waals surface area contributed by atoms with Crippen molar-refractivity contribution in [1.29, 1.82) is 0 Å². The van der Waals surface area contributed by atoms with Gasteiger partial charge in [-0.25, -0.2) is 14.4 Å². The SMILES string of the molecule is O=C(O)c1ccc(-c2cc(C(=O)O)cc(-c3ccc(C(=O)O)cc3)c2Cl)cc1. The average molecular weight is 397 g/mol. The van der Waals surface area contributed by atoms with Gasteiger partial charge < -0.3 is 15.3 Å². The summed E-state index contributed by atoms with van der Waals surface area (Å²) >= 11 is 6.53. The zero-order valence-corrected chi connectivity index (χ0v) is 15.0. The van der Waals surface area contributed by atoms with Gasteiger partial charge in [0.1, 0.15) is 0 Å². The molecule has 0 fully saturated rings. The normalized spacial score (nSPS) is 10.5. The average Bonchev–Trinajstić information content (AvgIpc) is 2.68. The molecule has 140 valence electrons. The van der Waals surface area contributed by atoms with Crippen LogP contribution in [0.2, 0.25) is 5.02 Å². The molecular formula is C21H13ClO6. The third-order valence-electron chi connectivity index (χ3n) is 4.21. The maximum Gasteiger partial charge on any atom is 0.335 e. The van der Waals surface area contributed by atoms with E-state index in [2.05, 4.69) is 0 Å². The fourth-order valence-electron chi connectivity index (χ4n) is 2.75. The van der Waals surface area contributed by atoms with Crippen LogP contribution in [0.25, 0.3) is 22.3 Å². The predicted molar refractivity (Wildman–Crippen MR) is 103 cm³/mol. The van der Waals surface area contributed by atoms with Crippen molar-refractivity contribution in [1.82, 2.24) is 0 Å². The first-order chi connectivity index (χ1) is 13.3. The Labute approximate surface area is 164 Å². The molecule has 0 saturated heterocycles. The van der Waals surface area contributed by atoms with Crippen molar-refractivity contribution < 1.29 is 29.7 Å². The maximum absolute atomic E-state index is 11.6. The Bertz CT molecular complexity index is 1010. The second kappa shape index (κ2) is 7.54. The third-order valence-corrected chi connectivity index (χ3v) is 4.61. The molecule has 0 atom stereocenters. The highest BCUT2D eigenvalue weighted by atomic mass is 35.5. The van der Waals surface area contributed by atoms with Gasteiger partial charge in [0.05, 0.1) is 21.7 Å². The zero-order chi connectivity index (χ0) is 20.4. The number of rotatable bonds is 5. The minimum Gasteiger partial charge on any atom is -0.478 e. The highest BCUT2D eigenvalue weighted by Gasteiger charge is 2.16. The van der Waals surface area contributed by atoms with Gasteiger partial charge in [0, 0.05) is 11.1 Å². The lowest BCUT2D eigenvalue weighted by Crippen LogP contribution is -2.00. The van der Waals surface area contributed by atoms with Crippen LogP contribution in [0.3, 0.4) is 0 Å². The number of carbonyl (C=O) groups is 3. The minimum absolute atomic E-state index is 0.000905. The Morgan fingerprint density at radius 3 is 1.18 bits per heavy atom. The molecule has 0 aliphatic rings. The summed E-state index contributed by atoms with van der Waals surface area (Å²) in [6.07, 6.45) is 0. The van der Waals surface area contributed by atoms with E-state index in [1.807, 2.05) is 0 Å². The molecule has 0 amide bonds. The van der Waals surface area contributed by atoms with E-state index in [9.17, 15) is 19.5 Å². The van der Waals surface area contributed by atoms with Crippen LogP contribution in [0.15, 0.2) is 60.7 Å². The van der Waals surface area contributed by atoms with Crippen molar-refractivity contribution >= 4 is 29.5 Å². The Kier molecular flexibility index (Phi) is 5.15. The van der Waals surface area contributed by atoms with E-state index in [0.717, 1.165) is 0 Å². The van der Waals surface area contributed by atoms with Gasteiger partial charge in [0.2, 0.25) is 0 Å². The first kappa shape index (κ1) is 19.1. The van der Waals surface area contributed by atoms with Gasteiger partial charge >= 0.3 is 17.9 Å². The smallest absolute Gasteiger partial charge is 0.335 e. The molecule has 3 aromatic rings. The summed E-state index contributed by atoms with van der Waals surface area (Å²) in [5, 5.41) is 27.8. The van der Waals surface area contributed by atoms with Crippen LogP contribution in [-0.2, 0) is 0 Å². The van der Waals surface area contributed by atoms with Crippen LogP contribution in [0, 0.1) is 0 Å². The van der Waals surface area contributed by atoms with Gasteiger partial charge in [-0.3, -0.25) is 0 Å². The molecule has 7 heteroatoms. The van der Waals surface area contributed by atoms with Crippen molar-refractivity contribution in [3.8, 4) is 22.3 Å². The van der Waals surface area contributed by atoms with Gasteiger partial charge in [-0.15, -0.1) is 0 Å². The summed E-state index contributed by atoms with van der Waals surface area (Å²) in [4.78, 5) is 33.6. The molecule has 0 unspecified atom stereocenters. The van der Waals surface area contributed by atoms with Crippen molar-refractivity contribution in [2.75, 3.05) is 0 Å². The summed E-state index contributed by atoms with van der Waals surface area (Å²) in [6, 6.07) is 14.6. The molecule has 3 aromatic carbocycles. The molecule has 0 saturated carbocycles. The highest BCUT2D eigenvalue weighted by Crippen LogP contribution is 2.38. The van der Waals surface area contributed by atoms with Crippen molar-refractivity contribution in [3.05, 3.63) is 82.4 Å². The summed E-state index contributed by atoms with van der Waals surface area (Å²) in [7, 11) is 0. The van der Waals surface area contributed by atoms with Crippen molar-refractivity contribution in [3.63, 3.8) is 0 Å². The van der Waals surface area contributed by atoms with Crippen LogP contribution >= 0.6 is 11.6 Å². The summed E-state index contributed by atoms with van der Waals surface area (Å²) in [5.74, 6) is -3.30. The third kappa shape index (κ3) is 3.72. The van der Waals surface area contributed by atoms with Gasteiger partial charge in [-0.2, -0.15) is 0 Å². The van der Waals surface area contributed by atoms with Crippen LogP contribution in [-0.4, -0.2) is 33.2 Å². The molecule has 3 N–H and O–H groups in total. The van der Waals surface area contributed by atoms with E-state index in [0.29, 0.717) is 22.3 Å². The zero-order valence-electron chi connectivity index (χ0n) is 14.2. The van der Waals surface area contributed by atoms with E-state index in [1.54, 1.807) is 24.3 Å². The molecular weight excluding hydrogens is 384 g/mol. The Morgan fingerprint density at radius 2 is 0.893 bits per heavy atom. The van der Waals surface area contributed by atoms with Gasteiger partial charge in [-0.1, -0.05) is 35.9 Å². The van der Waals surface area contributed by atoms with Gasteiger partial charge in [-0.05, 0) is 47.5 Å². The second-order valence-electron chi connectivity index (χ2n) is 5.96. The monoisotopic (exact) mass is 396 g/mol. The van der Waals surface area contributed by atoms with Gasteiger partial charge in [0.15, 0.2) is 0 Å². The number of carboxylic acid groups (broad SMARTS) is 3. The number of hydrogen-bond donors (Lipinski definition) is 3. The predicted octanol–water partition coefficient (Wildman–Crippen LogP) is 4.77. The standard InChI is InChI=1S/C21H13ClO6/c22-18-16(11-1-5-13(6-2-11)19(23)24)9-15(21(27)28)10-17(18)12-3-7-14(8-4-12)20(25)26/h1-10H,(H,23,24)(H,25,26)(H,27,28). The molecule has 0 aliphatic carbocycles. The van der Waals surface area contributed by atoms with Crippen LogP contribution < -0.4 is 0 Å². The number of halogens is 1. The first-order valence-electron chi connectivity index (χ1n) is 8.02. The molecule has 0 radical (unpaired) electrons. The fraction of sp³-hybridized carbons (Fsp3) is 0. The summed E-state index contributed by atoms with van der Waals surface area (Å²) in [6.45, 7) is 0. The quantitative estimate of drug-likeness (QED) is 0.572. The van der Waals surface area contributed by atoms with E-state index in [-0.39, 0.29) is 21.7 Å². The lowest BCUT2D eigenvalue weighted by molar-refractivity contribution is 0.0686. The Balaban J connectivity index is 2.17. The summed E-state index contributed by atoms with van der Waals surface area (Å²) in [5.41, 5.74) is 2.16. The highest BCUT2D eigenvalue weighted by molar-refractivity contribution is 6.36. The molecule has 28 heavy (non-hydrogen) atoms. The van der Waals surface area contributed by atoms with Crippen molar-refractivity contribution in [2.45, 2.75) is 0 Å². The lowest BCUT2D eigenvalue weighted by Gasteiger charge is -2.13. The largest absolute Gasteiger partial charge is 0.478 e. The molecule has 0 heterocycles. The first-order valence-corrected chi connectivity index (χ1v) is 8.40. The molecule has 3 rings (SSSR count). The second-order valence-corrected chi connectivity index (χ2v) is 6.33. The molecule has 0 aromatic heterocycles. The topological polar surface area (TPSA) is 112 Å². The number of benzene rings is 3. The molecule has 0 aliphatic heterocycles. The van der Waals surface area contributed by atoms with Crippen molar-refractivity contribution in [2.24, 2.45) is 0 Å². The summed E-state index contributed by atoms with van der Waals surface area (Å²) < 4.78 is 0. The molecule has 0 bridgehead atoms. The number of carboxylic acids is 3. The van der Waals surface area contributed by atoms with Gasteiger partial charge in [0.25, 0.3) is 0 Å².